The van der Waals surface area contributed by atoms with Crippen LogP contribution in [-0.2, 0) is 17.5 Å². The lowest BCUT2D eigenvalue weighted by Gasteiger charge is -2.29. The summed E-state index contributed by atoms with van der Waals surface area (Å²) < 4.78 is 46.1. The summed E-state index contributed by atoms with van der Waals surface area (Å²) in [6.45, 7) is 7.63. The molecule has 0 unspecified atom stereocenters. The molecule has 0 atom stereocenters. The number of alkyl halides is 3. The van der Waals surface area contributed by atoms with Crippen molar-refractivity contribution in [2.24, 2.45) is 4.99 Å². The number of morpholine rings is 1. The fourth-order valence-electron chi connectivity index (χ4n) is 2.87. The smallest absolute Gasteiger partial charge is 0.378 e. The van der Waals surface area contributed by atoms with Crippen LogP contribution in [0.5, 0.6) is 0 Å². The molecule has 1 aliphatic heterocycles. The number of unbranched alkanes of at least 4 members (excludes halogenated alkanes) is 1. The molecule has 28 heavy (non-hydrogen) atoms. The molecular formula is C19H30F3IN4O. The number of guanidine groups is 1. The summed E-state index contributed by atoms with van der Waals surface area (Å²) in [5.41, 5.74) is 0.123. The van der Waals surface area contributed by atoms with Gasteiger partial charge in [0.15, 0.2) is 5.96 Å². The van der Waals surface area contributed by atoms with E-state index >= 15 is 0 Å². The first kappa shape index (κ1) is 24.8. The van der Waals surface area contributed by atoms with Crippen LogP contribution in [0.3, 0.4) is 0 Å². The Labute approximate surface area is 182 Å². The molecule has 1 saturated heterocycles. The summed E-state index contributed by atoms with van der Waals surface area (Å²) in [5, 5.41) is 6.22. The summed E-state index contributed by atoms with van der Waals surface area (Å²) in [7, 11) is 0. The van der Waals surface area contributed by atoms with Crippen LogP contribution >= 0.6 is 24.0 Å². The van der Waals surface area contributed by atoms with E-state index < -0.39 is 11.7 Å². The van der Waals surface area contributed by atoms with Crippen LogP contribution in [0.25, 0.3) is 0 Å². The number of rotatable bonds is 7. The highest BCUT2D eigenvalue weighted by atomic mass is 127. The summed E-state index contributed by atoms with van der Waals surface area (Å²) in [5.74, 6) is 0.538. The van der Waals surface area contributed by atoms with Crippen molar-refractivity contribution in [1.29, 1.82) is 0 Å². The minimum atomic E-state index is -4.42. The lowest BCUT2D eigenvalue weighted by molar-refractivity contribution is -0.138. The highest BCUT2D eigenvalue weighted by Crippen LogP contribution is 2.35. The van der Waals surface area contributed by atoms with Crippen LogP contribution in [0.2, 0.25) is 0 Å². The quantitative estimate of drug-likeness (QED) is 0.250. The van der Waals surface area contributed by atoms with E-state index in [1.54, 1.807) is 6.07 Å². The van der Waals surface area contributed by atoms with Crippen molar-refractivity contribution in [2.75, 3.05) is 44.3 Å². The monoisotopic (exact) mass is 514 g/mol. The molecule has 1 aliphatic rings. The number of halogens is 4. The van der Waals surface area contributed by atoms with Gasteiger partial charge in [0.1, 0.15) is 0 Å². The molecule has 5 nitrogen and oxygen atoms in total. The van der Waals surface area contributed by atoms with Gasteiger partial charge in [-0.05, 0) is 31.0 Å². The molecule has 9 heteroatoms. The van der Waals surface area contributed by atoms with E-state index in [0.717, 1.165) is 19.4 Å². The van der Waals surface area contributed by atoms with Crippen LogP contribution in [0, 0.1) is 0 Å². The minimum Gasteiger partial charge on any atom is -0.378 e. The molecule has 2 rings (SSSR count). The Balaban J connectivity index is 0.00000392. The van der Waals surface area contributed by atoms with Gasteiger partial charge in [0, 0.05) is 31.9 Å². The van der Waals surface area contributed by atoms with Gasteiger partial charge in [0.2, 0.25) is 0 Å². The van der Waals surface area contributed by atoms with Gasteiger partial charge in [-0.3, -0.25) is 0 Å². The number of hydrogen-bond acceptors (Lipinski definition) is 3. The fourth-order valence-corrected chi connectivity index (χ4v) is 2.87. The van der Waals surface area contributed by atoms with E-state index in [2.05, 4.69) is 22.5 Å². The van der Waals surface area contributed by atoms with Gasteiger partial charge >= 0.3 is 6.18 Å². The van der Waals surface area contributed by atoms with Gasteiger partial charge in [-0.2, -0.15) is 13.2 Å². The molecule has 0 spiro atoms. The van der Waals surface area contributed by atoms with Crippen LogP contribution in [0.1, 0.15) is 37.8 Å². The SMILES string of the molecule is CCCCNC(=NCc1ccc(N2CCOCC2)cc1C(F)(F)F)NCC.I. The maximum absolute atomic E-state index is 13.6. The Hall–Kier alpha value is -1.23. The van der Waals surface area contributed by atoms with Crippen LogP contribution in [0.4, 0.5) is 18.9 Å². The third-order valence-corrected chi connectivity index (χ3v) is 4.35. The lowest BCUT2D eigenvalue weighted by atomic mass is 10.1. The largest absolute Gasteiger partial charge is 0.416 e. The van der Waals surface area contributed by atoms with Crippen molar-refractivity contribution >= 4 is 35.6 Å². The molecule has 1 aromatic carbocycles. The Kier molecular flexibility index (Phi) is 10.9. The molecule has 1 heterocycles. The van der Waals surface area contributed by atoms with E-state index in [1.165, 1.54) is 12.1 Å². The van der Waals surface area contributed by atoms with E-state index in [-0.39, 0.29) is 36.1 Å². The Morgan fingerprint density at radius 2 is 1.89 bits per heavy atom. The number of anilines is 1. The van der Waals surface area contributed by atoms with Gasteiger partial charge in [-0.15, -0.1) is 24.0 Å². The second kappa shape index (κ2) is 12.4. The maximum atomic E-state index is 13.6. The summed E-state index contributed by atoms with van der Waals surface area (Å²) >= 11 is 0. The van der Waals surface area contributed by atoms with Crippen LogP contribution in [-0.4, -0.2) is 45.4 Å². The van der Waals surface area contributed by atoms with Crippen LogP contribution < -0.4 is 15.5 Å². The third-order valence-electron chi connectivity index (χ3n) is 4.35. The Bertz CT molecular complexity index is 620. The number of benzene rings is 1. The predicted molar refractivity (Wildman–Crippen MR) is 118 cm³/mol. The van der Waals surface area contributed by atoms with Crippen molar-refractivity contribution in [3.8, 4) is 0 Å². The van der Waals surface area contributed by atoms with Gasteiger partial charge in [0.25, 0.3) is 0 Å². The molecule has 1 aromatic rings. The van der Waals surface area contributed by atoms with Gasteiger partial charge in [-0.1, -0.05) is 19.4 Å². The summed E-state index contributed by atoms with van der Waals surface area (Å²) in [6, 6.07) is 4.50. The summed E-state index contributed by atoms with van der Waals surface area (Å²) in [6.07, 6.45) is -2.40. The highest BCUT2D eigenvalue weighted by Gasteiger charge is 2.34. The standard InChI is InChI=1S/C19H29F3N4O.HI/c1-3-5-8-24-18(23-4-2)25-14-15-6-7-16(13-17(15)19(20,21)22)26-9-11-27-12-10-26;/h6-7,13H,3-5,8-12,14H2,1-2H3,(H2,23,24,25);1H. The molecule has 0 saturated carbocycles. The number of hydrogen-bond donors (Lipinski definition) is 2. The van der Waals surface area contributed by atoms with Crippen molar-refractivity contribution in [2.45, 2.75) is 39.4 Å². The molecule has 2 N–H and O–H groups in total. The predicted octanol–water partition coefficient (Wildman–Crippen LogP) is 4.02. The van der Waals surface area contributed by atoms with E-state index in [1.807, 2.05) is 11.8 Å². The first-order valence-corrected chi connectivity index (χ1v) is 9.50. The second-order valence-electron chi connectivity index (χ2n) is 6.41. The second-order valence-corrected chi connectivity index (χ2v) is 6.41. The number of nitrogens with zero attached hydrogens (tertiary/aromatic N) is 2. The average Bonchev–Trinajstić information content (AvgIpc) is 2.66. The lowest BCUT2D eigenvalue weighted by Crippen LogP contribution is -2.37. The van der Waals surface area contributed by atoms with Crippen molar-refractivity contribution in [3.05, 3.63) is 29.3 Å². The fraction of sp³-hybridized carbons (Fsp3) is 0.632. The topological polar surface area (TPSA) is 48.9 Å². The zero-order valence-corrected chi connectivity index (χ0v) is 18.8. The average molecular weight is 514 g/mol. The normalized spacial score (nSPS) is 15.2. The van der Waals surface area contributed by atoms with Crippen molar-refractivity contribution in [3.63, 3.8) is 0 Å². The zero-order chi connectivity index (χ0) is 19.7. The molecule has 0 aromatic heterocycles. The van der Waals surface area contributed by atoms with Crippen LogP contribution in [0.15, 0.2) is 23.2 Å². The first-order chi connectivity index (χ1) is 13.0. The van der Waals surface area contributed by atoms with E-state index in [4.69, 9.17) is 4.74 Å². The minimum absolute atomic E-state index is 0. The van der Waals surface area contributed by atoms with Gasteiger partial charge in [-0.25, -0.2) is 4.99 Å². The van der Waals surface area contributed by atoms with E-state index in [0.29, 0.717) is 44.5 Å². The number of aliphatic imine (C=N–C) groups is 1. The first-order valence-electron chi connectivity index (χ1n) is 9.50. The van der Waals surface area contributed by atoms with Gasteiger partial charge < -0.3 is 20.3 Å². The molecule has 160 valence electrons. The molecule has 0 bridgehead atoms. The van der Waals surface area contributed by atoms with Crippen molar-refractivity contribution in [1.82, 2.24) is 10.6 Å². The van der Waals surface area contributed by atoms with E-state index in [9.17, 15) is 13.2 Å². The number of ether oxygens (including phenoxy) is 1. The molecular weight excluding hydrogens is 484 g/mol. The molecule has 0 radical (unpaired) electrons. The molecule has 1 fully saturated rings. The Morgan fingerprint density at radius 1 is 1.18 bits per heavy atom. The molecule has 0 aliphatic carbocycles. The van der Waals surface area contributed by atoms with Gasteiger partial charge in [0.05, 0.1) is 25.3 Å². The zero-order valence-electron chi connectivity index (χ0n) is 16.4. The summed E-state index contributed by atoms with van der Waals surface area (Å²) in [4.78, 5) is 6.25. The maximum Gasteiger partial charge on any atom is 0.416 e. The Morgan fingerprint density at radius 3 is 2.50 bits per heavy atom. The number of nitrogens with one attached hydrogen (secondary N) is 2. The molecule has 0 amide bonds. The third kappa shape index (κ3) is 7.65. The highest BCUT2D eigenvalue weighted by molar-refractivity contribution is 14.0. The van der Waals surface area contributed by atoms with Crippen molar-refractivity contribution < 1.29 is 17.9 Å².